The average molecular weight is 330 g/mol. The Balaban J connectivity index is 2.19. The van der Waals surface area contributed by atoms with Crippen LogP contribution in [0.25, 0.3) is 0 Å². The van der Waals surface area contributed by atoms with Crippen LogP contribution in [0.4, 0.5) is 10.1 Å². The van der Waals surface area contributed by atoms with Gasteiger partial charge in [0.1, 0.15) is 6.61 Å². The van der Waals surface area contributed by atoms with Crippen LogP contribution >= 0.6 is 23.2 Å². The van der Waals surface area contributed by atoms with E-state index >= 15 is 0 Å². The topological polar surface area (TPSA) is 52.4 Å². The van der Waals surface area contributed by atoms with E-state index in [0.717, 1.165) is 0 Å². The molecule has 2 rings (SSSR count). The van der Waals surface area contributed by atoms with Gasteiger partial charge in [-0.05, 0) is 12.1 Å². The van der Waals surface area contributed by atoms with Crippen molar-refractivity contribution in [2.75, 3.05) is 0 Å². The number of rotatable bonds is 5. The number of hydrogen-bond donors (Lipinski definition) is 0. The summed E-state index contributed by atoms with van der Waals surface area (Å²) in [5.41, 5.74) is 0.928. The van der Waals surface area contributed by atoms with Gasteiger partial charge < -0.3 is 4.74 Å². The van der Waals surface area contributed by atoms with Crippen molar-refractivity contribution in [2.45, 2.75) is 12.5 Å². The second-order valence-electron chi connectivity index (χ2n) is 4.18. The highest BCUT2D eigenvalue weighted by Crippen LogP contribution is 2.27. The van der Waals surface area contributed by atoms with Crippen LogP contribution in [0.3, 0.4) is 0 Å². The third-order valence-electron chi connectivity index (χ3n) is 2.81. The maximum Gasteiger partial charge on any atom is 0.270 e. The first-order valence-electron chi connectivity index (χ1n) is 5.92. The maximum atomic E-state index is 13.7. The summed E-state index contributed by atoms with van der Waals surface area (Å²) in [5.74, 6) is -0.353. The zero-order chi connectivity index (χ0) is 15.4. The number of para-hydroxylation sites is 1. The fourth-order valence-electron chi connectivity index (χ4n) is 1.74. The first kappa shape index (κ1) is 15.5. The monoisotopic (exact) mass is 329 g/mol. The van der Waals surface area contributed by atoms with E-state index in [0.29, 0.717) is 11.1 Å². The van der Waals surface area contributed by atoms with Crippen molar-refractivity contribution < 1.29 is 14.1 Å². The highest BCUT2D eigenvalue weighted by molar-refractivity contribution is 6.31. The van der Waals surface area contributed by atoms with Crippen LogP contribution in [0, 0.1) is 15.9 Å². The third-order valence-corrected chi connectivity index (χ3v) is 3.45. The van der Waals surface area contributed by atoms with Crippen LogP contribution in [0.15, 0.2) is 36.4 Å². The Bertz CT molecular complexity index is 679. The number of non-ortho nitro benzene ring substituents is 1. The number of ether oxygens (including phenoxy) is 1. The van der Waals surface area contributed by atoms with E-state index in [2.05, 4.69) is 0 Å². The summed E-state index contributed by atoms with van der Waals surface area (Å²) < 4.78 is 19.1. The Morgan fingerprint density at radius 2 is 2.00 bits per heavy atom. The largest absolute Gasteiger partial charge is 0.485 e. The van der Waals surface area contributed by atoms with Gasteiger partial charge in [-0.15, -0.1) is 11.6 Å². The molecule has 0 aliphatic heterocycles. The number of halogens is 3. The van der Waals surface area contributed by atoms with Gasteiger partial charge in [-0.1, -0.05) is 23.7 Å². The normalized spacial score (nSPS) is 10.4. The van der Waals surface area contributed by atoms with Crippen molar-refractivity contribution in [1.82, 2.24) is 0 Å². The first-order valence-corrected chi connectivity index (χ1v) is 6.83. The van der Waals surface area contributed by atoms with Crippen LogP contribution < -0.4 is 4.74 Å². The Morgan fingerprint density at radius 3 is 2.62 bits per heavy atom. The predicted molar refractivity (Wildman–Crippen MR) is 78.4 cm³/mol. The van der Waals surface area contributed by atoms with Gasteiger partial charge in [0.05, 0.1) is 15.8 Å². The zero-order valence-corrected chi connectivity index (χ0v) is 12.2. The van der Waals surface area contributed by atoms with E-state index in [1.807, 2.05) is 0 Å². The highest BCUT2D eigenvalue weighted by atomic mass is 35.5. The molecule has 0 amide bonds. The molecular formula is C14H10Cl2FNO3. The van der Waals surface area contributed by atoms with Crippen LogP contribution in [-0.2, 0) is 12.5 Å². The molecule has 2 aromatic rings. The van der Waals surface area contributed by atoms with Crippen molar-refractivity contribution in [1.29, 1.82) is 0 Å². The lowest BCUT2D eigenvalue weighted by Gasteiger charge is -2.11. The summed E-state index contributed by atoms with van der Waals surface area (Å²) in [4.78, 5) is 10.1. The van der Waals surface area contributed by atoms with Gasteiger partial charge in [0.25, 0.3) is 5.69 Å². The zero-order valence-electron chi connectivity index (χ0n) is 10.7. The Labute approximate surface area is 130 Å². The lowest BCUT2D eigenvalue weighted by Crippen LogP contribution is -2.01. The van der Waals surface area contributed by atoms with Gasteiger partial charge in [0.2, 0.25) is 0 Å². The smallest absolute Gasteiger partial charge is 0.270 e. The quantitative estimate of drug-likeness (QED) is 0.453. The molecule has 110 valence electrons. The summed E-state index contributed by atoms with van der Waals surface area (Å²) in [7, 11) is 0. The molecule has 0 aromatic heterocycles. The van der Waals surface area contributed by atoms with Gasteiger partial charge >= 0.3 is 0 Å². The molecule has 0 spiro atoms. The van der Waals surface area contributed by atoms with Crippen molar-refractivity contribution in [3.63, 3.8) is 0 Å². The predicted octanol–water partition coefficient (Wildman–Crippen LogP) is 4.71. The van der Waals surface area contributed by atoms with Crippen LogP contribution in [0.2, 0.25) is 5.02 Å². The Hall–Kier alpha value is -1.85. The molecule has 0 saturated heterocycles. The average Bonchev–Trinajstić information content (AvgIpc) is 2.46. The molecule has 0 atom stereocenters. The number of nitro groups is 1. The Kier molecular flexibility index (Phi) is 4.98. The fraction of sp³-hybridized carbons (Fsp3) is 0.143. The minimum atomic E-state index is -0.543. The Morgan fingerprint density at radius 1 is 1.24 bits per heavy atom. The molecule has 0 radical (unpaired) electrons. The molecule has 2 aromatic carbocycles. The van der Waals surface area contributed by atoms with Crippen LogP contribution in [0.5, 0.6) is 5.75 Å². The molecule has 0 heterocycles. The number of alkyl halides is 1. The number of nitrogens with zero attached hydrogens (tertiary/aromatic N) is 1. The van der Waals surface area contributed by atoms with Crippen molar-refractivity contribution in [2.24, 2.45) is 0 Å². The van der Waals surface area contributed by atoms with Gasteiger partial charge in [0, 0.05) is 23.3 Å². The molecule has 0 bridgehead atoms. The lowest BCUT2D eigenvalue weighted by atomic mass is 10.2. The number of benzene rings is 2. The van der Waals surface area contributed by atoms with E-state index in [4.69, 9.17) is 27.9 Å². The molecule has 4 nitrogen and oxygen atoms in total. The van der Waals surface area contributed by atoms with Gasteiger partial charge in [-0.3, -0.25) is 10.1 Å². The van der Waals surface area contributed by atoms with E-state index in [-0.39, 0.29) is 28.9 Å². The van der Waals surface area contributed by atoms with Gasteiger partial charge in [0.15, 0.2) is 11.6 Å². The molecule has 7 heteroatoms. The van der Waals surface area contributed by atoms with Gasteiger partial charge in [-0.2, -0.15) is 0 Å². The van der Waals surface area contributed by atoms with Crippen molar-refractivity contribution >= 4 is 28.9 Å². The summed E-state index contributed by atoms with van der Waals surface area (Å²) in [5, 5.41) is 10.8. The fourth-order valence-corrected chi connectivity index (χ4v) is 2.18. The molecule has 0 aliphatic rings. The second kappa shape index (κ2) is 6.74. The maximum absolute atomic E-state index is 13.7. The molecule has 21 heavy (non-hydrogen) atoms. The summed E-state index contributed by atoms with van der Waals surface area (Å²) in [6.45, 7) is -0.0123. The second-order valence-corrected chi connectivity index (χ2v) is 4.86. The molecule has 0 unspecified atom stereocenters. The standard InChI is InChI=1S/C14H10Cl2FNO3/c15-7-9-2-1-3-13(17)14(9)21-8-10-4-5-11(18(19)20)6-12(10)16/h1-6H,7-8H2. The molecule has 0 saturated carbocycles. The van der Waals surface area contributed by atoms with E-state index in [1.54, 1.807) is 12.1 Å². The van der Waals surface area contributed by atoms with Crippen molar-refractivity contribution in [3.05, 3.63) is 68.5 Å². The van der Waals surface area contributed by atoms with E-state index < -0.39 is 10.7 Å². The van der Waals surface area contributed by atoms with E-state index in [9.17, 15) is 14.5 Å². The summed E-state index contributed by atoms with van der Waals surface area (Å²) in [6, 6.07) is 8.48. The van der Waals surface area contributed by atoms with E-state index in [1.165, 1.54) is 24.3 Å². The molecule has 0 N–H and O–H groups in total. The number of nitro benzene ring substituents is 1. The minimum Gasteiger partial charge on any atom is -0.485 e. The molecule has 0 aliphatic carbocycles. The SMILES string of the molecule is O=[N+]([O-])c1ccc(COc2c(F)cccc2CCl)c(Cl)c1. The molecule has 0 fully saturated rings. The summed E-state index contributed by atoms with van der Waals surface area (Å²) >= 11 is 11.7. The summed E-state index contributed by atoms with van der Waals surface area (Å²) in [6.07, 6.45) is 0. The van der Waals surface area contributed by atoms with Crippen LogP contribution in [-0.4, -0.2) is 4.92 Å². The molecular weight excluding hydrogens is 320 g/mol. The third kappa shape index (κ3) is 3.62. The van der Waals surface area contributed by atoms with Crippen LogP contribution in [0.1, 0.15) is 11.1 Å². The first-order chi connectivity index (χ1) is 10.0. The van der Waals surface area contributed by atoms with Crippen molar-refractivity contribution in [3.8, 4) is 5.75 Å². The number of hydrogen-bond acceptors (Lipinski definition) is 3. The minimum absolute atomic E-state index is 0.0123. The lowest BCUT2D eigenvalue weighted by molar-refractivity contribution is -0.384. The highest BCUT2D eigenvalue weighted by Gasteiger charge is 2.13. The van der Waals surface area contributed by atoms with Gasteiger partial charge in [-0.25, -0.2) is 4.39 Å².